The number of ketones is 2. The van der Waals surface area contributed by atoms with Crippen molar-refractivity contribution < 1.29 is 23.9 Å². The number of aromatic nitrogens is 1. The van der Waals surface area contributed by atoms with E-state index in [1.54, 1.807) is 49.6 Å². The number of carbonyl (C=O) groups is 3. The number of Topliss-reactive ketones (excluding diaryl/α,β-unsaturated/α-hetero) is 1. The van der Waals surface area contributed by atoms with Crippen molar-refractivity contribution in [2.45, 2.75) is 26.8 Å². The molecule has 0 saturated carbocycles. The van der Waals surface area contributed by atoms with Crippen LogP contribution in [0.5, 0.6) is 0 Å². The molecule has 0 saturated heterocycles. The minimum atomic E-state index is -0.702. The summed E-state index contributed by atoms with van der Waals surface area (Å²) >= 11 is 0. The van der Waals surface area contributed by atoms with Gasteiger partial charge in [0.2, 0.25) is 5.78 Å². The Morgan fingerprint density at radius 3 is 2.22 bits per heavy atom. The highest BCUT2D eigenvalue weighted by atomic mass is 16.5. The van der Waals surface area contributed by atoms with E-state index in [1.807, 2.05) is 26.0 Å². The lowest BCUT2D eigenvalue weighted by Crippen LogP contribution is -2.17. The summed E-state index contributed by atoms with van der Waals surface area (Å²) in [5.41, 5.74) is 3.18. The fraction of sp³-hybridized carbons (Fsp3) is 0.269. The molecular weight excluding hydrogens is 406 g/mol. The highest BCUT2D eigenvalue weighted by Crippen LogP contribution is 2.18. The lowest BCUT2D eigenvalue weighted by atomic mass is 9.98. The van der Waals surface area contributed by atoms with Gasteiger partial charge in [-0.15, -0.1) is 0 Å². The maximum absolute atomic E-state index is 12.8. The van der Waals surface area contributed by atoms with Crippen molar-refractivity contribution in [2.24, 2.45) is 0 Å². The molecule has 1 heterocycles. The first kappa shape index (κ1) is 23.2. The van der Waals surface area contributed by atoms with E-state index in [0.717, 1.165) is 24.4 Å². The number of hydrogen-bond donors (Lipinski definition) is 0. The molecule has 0 atom stereocenters. The molecular formula is C26H27NO5. The summed E-state index contributed by atoms with van der Waals surface area (Å²) < 4.78 is 12.5. The van der Waals surface area contributed by atoms with Gasteiger partial charge in [0.25, 0.3) is 0 Å². The van der Waals surface area contributed by atoms with Crippen molar-refractivity contribution in [2.75, 3.05) is 20.3 Å². The largest absolute Gasteiger partial charge is 0.454 e. The van der Waals surface area contributed by atoms with Crippen LogP contribution in [0.25, 0.3) is 0 Å². The van der Waals surface area contributed by atoms with Gasteiger partial charge in [-0.05, 0) is 32.4 Å². The quantitative estimate of drug-likeness (QED) is 0.269. The third kappa shape index (κ3) is 5.21. The van der Waals surface area contributed by atoms with E-state index >= 15 is 0 Å². The second-order valence-electron chi connectivity index (χ2n) is 7.52. The maximum Gasteiger partial charge on any atom is 0.339 e. The summed E-state index contributed by atoms with van der Waals surface area (Å²) in [6, 6.07) is 17.0. The molecule has 1 aromatic heterocycles. The molecule has 6 nitrogen and oxygen atoms in total. The number of benzene rings is 2. The highest BCUT2D eigenvalue weighted by Gasteiger charge is 2.21. The third-order valence-corrected chi connectivity index (χ3v) is 5.37. The fourth-order valence-corrected chi connectivity index (χ4v) is 3.69. The summed E-state index contributed by atoms with van der Waals surface area (Å²) in [7, 11) is 1.66. The van der Waals surface area contributed by atoms with Crippen LogP contribution in [0.2, 0.25) is 0 Å². The number of rotatable bonds is 10. The predicted molar refractivity (Wildman–Crippen MR) is 121 cm³/mol. The van der Waals surface area contributed by atoms with Gasteiger partial charge in [0.1, 0.15) is 0 Å². The lowest BCUT2D eigenvalue weighted by molar-refractivity contribution is 0.0472. The number of carbonyl (C=O) groups excluding carboxylic acids is 3. The predicted octanol–water partition coefficient (Wildman–Crippen LogP) is 4.41. The smallest absolute Gasteiger partial charge is 0.339 e. The van der Waals surface area contributed by atoms with Crippen molar-refractivity contribution >= 4 is 17.5 Å². The molecule has 0 N–H and O–H groups in total. The molecule has 0 bridgehead atoms. The Hall–Kier alpha value is -3.51. The van der Waals surface area contributed by atoms with Crippen LogP contribution in [-0.2, 0) is 16.0 Å². The van der Waals surface area contributed by atoms with Crippen molar-refractivity contribution in [1.29, 1.82) is 0 Å². The fourth-order valence-electron chi connectivity index (χ4n) is 3.69. The van der Waals surface area contributed by atoms with E-state index in [4.69, 9.17) is 9.47 Å². The Morgan fingerprint density at radius 1 is 0.875 bits per heavy atom. The molecule has 0 fully saturated rings. The summed E-state index contributed by atoms with van der Waals surface area (Å²) in [6.45, 7) is 4.80. The van der Waals surface area contributed by atoms with Gasteiger partial charge < -0.3 is 14.0 Å². The monoisotopic (exact) mass is 433 g/mol. The van der Waals surface area contributed by atoms with E-state index in [0.29, 0.717) is 17.7 Å². The normalized spacial score (nSPS) is 10.7. The van der Waals surface area contributed by atoms with Crippen LogP contribution < -0.4 is 0 Å². The van der Waals surface area contributed by atoms with E-state index in [-0.39, 0.29) is 22.7 Å². The molecule has 3 rings (SSSR count). The second-order valence-corrected chi connectivity index (χ2v) is 7.52. The minimum absolute atomic E-state index is 0.138. The molecule has 6 heteroatoms. The maximum atomic E-state index is 12.8. The van der Waals surface area contributed by atoms with E-state index in [9.17, 15) is 14.4 Å². The molecule has 0 amide bonds. The minimum Gasteiger partial charge on any atom is -0.454 e. The second kappa shape index (κ2) is 10.7. The third-order valence-electron chi connectivity index (χ3n) is 5.37. The first-order chi connectivity index (χ1) is 15.4. The molecule has 0 aliphatic rings. The molecule has 0 radical (unpaired) electrons. The van der Waals surface area contributed by atoms with E-state index in [1.165, 1.54) is 6.07 Å². The van der Waals surface area contributed by atoms with Gasteiger partial charge in [-0.2, -0.15) is 0 Å². The Kier molecular flexibility index (Phi) is 7.73. The number of esters is 1. The van der Waals surface area contributed by atoms with Gasteiger partial charge in [-0.3, -0.25) is 9.59 Å². The first-order valence-corrected chi connectivity index (χ1v) is 10.5. The molecule has 2 aromatic carbocycles. The number of nitrogens with zero attached hydrogens (tertiary/aromatic N) is 1. The Balaban J connectivity index is 1.71. The average Bonchev–Trinajstić information content (AvgIpc) is 3.11. The highest BCUT2D eigenvalue weighted by molar-refractivity contribution is 6.14. The molecule has 3 aromatic rings. The van der Waals surface area contributed by atoms with Gasteiger partial charge in [0, 0.05) is 48.3 Å². The van der Waals surface area contributed by atoms with E-state index < -0.39 is 12.6 Å². The topological polar surface area (TPSA) is 74.6 Å². The van der Waals surface area contributed by atoms with Gasteiger partial charge in [-0.25, -0.2) is 4.79 Å². The lowest BCUT2D eigenvalue weighted by Gasteiger charge is -2.10. The zero-order valence-electron chi connectivity index (χ0n) is 18.6. The summed E-state index contributed by atoms with van der Waals surface area (Å²) in [4.78, 5) is 38.3. The summed E-state index contributed by atoms with van der Waals surface area (Å²) in [6.07, 6.45) is 0.835. The van der Waals surface area contributed by atoms with Crippen LogP contribution >= 0.6 is 0 Å². The van der Waals surface area contributed by atoms with Gasteiger partial charge in [-0.1, -0.05) is 48.5 Å². The number of methoxy groups -OCH3 is 1. The van der Waals surface area contributed by atoms with Gasteiger partial charge >= 0.3 is 5.97 Å². The Bertz CT molecular complexity index is 1110. The van der Waals surface area contributed by atoms with Gasteiger partial charge in [0.15, 0.2) is 12.4 Å². The standard InChI is InChI=1S/C26H27NO5/c1-18-16-23(19(2)27(18)14-9-15-31-3)24(28)17-32-26(30)22-13-8-7-12-21(22)25(29)20-10-5-4-6-11-20/h4-8,10-13,16H,9,14-15,17H2,1-3H3. The molecule has 166 valence electrons. The number of aryl methyl sites for hydroxylation is 1. The van der Waals surface area contributed by atoms with E-state index in [2.05, 4.69) is 4.57 Å². The van der Waals surface area contributed by atoms with Crippen molar-refractivity contribution in [1.82, 2.24) is 4.57 Å². The van der Waals surface area contributed by atoms with Crippen LogP contribution in [0, 0.1) is 13.8 Å². The van der Waals surface area contributed by atoms with Crippen molar-refractivity contribution in [3.8, 4) is 0 Å². The van der Waals surface area contributed by atoms with Crippen molar-refractivity contribution in [3.05, 3.63) is 94.3 Å². The zero-order valence-corrected chi connectivity index (χ0v) is 18.6. The Morgan fingerprint density at radius 2 is 1.53 bits per heavy atom. The van der Waals surface area contributed by atoms with Crippen LogP contribution in [0.15, 0.2) is 60.7 Å². The molecule has 32 heavy (non-hydrogen) atoms. The van der Waals surface area contributed by atoms with Crippen LogP contribution in [0.4, 0.5) is 0 Å². The number of hydrogen-bond acceptors (Lipinski definition) is 5. The van der Waals surface area contributed by atoms with Crippen LogP contribution in [0.3, 0.4) is 0 Å². The molecule has 0 aliphatic carbocycles. The summed E-state index contributed by atoms with van der Waals surface area (Å²) in [5.74, 6) is -1.26. The SMILES string of the molecule is COCCCn1c(C)cc(C(=O)COC(=O)c2ccccc2C(=O)c2ccccc2)c1C. The molecule has 0 spiro atoms. The van der Waals surface area contributed by atoms with Crippen molar-refractivity contribution in [3.63, 3.8) is 0 Å². The molecule has 0 unspecified atom stereocenters. The zero-order chi connectivity index (χ0) is 23.1. The van der Waals surface area contributed by atoms with Crippen LogP contribution in [0.1, 0.15) is 54.4 Å². The first-order valence-electron chi connectivity index (χ1n) is 10.5. The average molecular weight is 434 g/mol. The molecule has 0 aliphatic heterocycles. The summed E-state index contributed by atoms with van der Waals surface area (Å²) in [5, 5.41) is 0. The van der Waals surface area contributed by atoms with Gasteiger partial charge in [0.05, 0.1) is 5.56 Å². The number of ether oxygens (including phenoxy) is 2. The Labute approximate surface area is 187 Å². The van der Waals surface area contributed by atoms with Crippen LogP contribution in [-0.4, -0.2) is 42.4 Å².